The maximum Gasteiger partial charge on any atom is 0.260 e. The summed E-state index contributed by atoms with van der Waals surface area (Å²) in [5, 5.41) is 7.23. The highest BCUT2D eigenvalue weighted by Gasteiger charge is 2.36. The summed E-state index contributed by atoms with van der Waals surface area (Å²) in [7, 11) is 0. The molecule has 6 nitrogen and oxygen atoms in total. The number of para-hydroxylation sites is 1. The molecule has 2 aromatic rings. The van der Waals surface area contributed by atoms with Crippen LogP contribution < -0.4 is 10.1 Å². The van der Waals surface area contributed by atoms with Crippen LogP contribution >= 0.6 is 0 Å². The molecule has 0 amide bonds. The van der Waals surface area contributed by atoms with Crippen molar-refractivity contribution in [3.05, 3.63) is 41.5 Å². The molecule has 1 atom stereocenters. The molecule has 21 heavy (non-hydrogen) atoms. The van der Waals surface area contributed by atoms with E-state index in [1.165, 1.54) is 0 Å². The Bertz CT molecular complexity index is 606. The van der Waals surface area contributed by atoms with Gasteiger partial charge in [0.15, 0.2) is 12.2 Å². The second kappa shape index (κ2) is 5.83. The fourth-order valence-corrected chi connectivity index (χ4v) is 2.25. The van der Waals surface area contributed by atoms with Gasteiger partial charge in [-0.2, -0.15) is 4.98 Å². The Labute approximate surface area is 123 Å². The molecular weight excluding hydrogens is 270 g/mol. The van der Waals surface area contributed by atoms with Gasteiger partial charge < -0.3 is 19.3 Å². The highest BCUT2D eigenvalue weighted by atomic mass is 16.5. The number of nitrogens with zero attached hydrogens (tertiary/aromatic N) is 2. The number of benzene rings is 1. The van der Waals surface area contributed by atoms with E-state index in [4.69, 9.17) is 14.0 Å². The van der Waals surface area contributed by atoms with Crippen LogP contribution in [-0.2, 0) is 16.9 Å². The van der Waals surface area contributed by atoms with Gasteiger partial charge in [0.2, 0.25) is 5.82 Å². The number of morpholine rings is 1. The number of ether oxygens (including phenoxy) is 2. The summed E-state index contributed by atoms with van der Waals surface area (Å²) in [6.45, 7) is 6.35. The Kier molecular flexibility index (Phi) is 3.90. The lowest BCUT2D eigenvalue weighted by molar-refractivity contribution is -0.0767. The van der Waals surface area contributed by atoms with Crippen molar-refractivity contribution >= 4 is 0 Å². The van der Waals surface area contributed by atoms with Crippen LogP contribution in [0.5, 0.6) is 5.75 Å². The Hall–Kier alpha value is -1.92. The molecule has 1 unspecified atom stereocenters. The number of aryl methyl sites for hydroxylation is 1. The van der Waals surface area contributed by atoms with Crippen LogP contribution in [0.2, 0.25) is 0 Å². The van der Waals surface area contributed by atoms with Crippen molar-refractivity contribution in [2.24, 2.45) is 0 Å². The first-order chi connectivity index (χ1) is 10.2. The maximum atomic E-state index is 5.75. The number of nitrogens with one attached hydrogen (secondary N) is 1. The van der Waals surface area contributed by atoms with Gasteiger partial charge in [-0.15, -0.1) is 0 Å². The summed E-state index contributed by atoms with van der Waals surface area (Å²) in [5.74, 6) is 1.83. The van der Waals surface area contributed by atoms with Crippen LogP contribution in [-0.4, -0.2) is 29.8 Å². The molecule has 1 aliphatic rings. The fourth-order valence-electron chi connectivity index (χ4n) is 2.25. The molecular formula is C15H19N3O3. The summed E-state index contributed by atoms with van der Waals surface area (Å²) in [5.41, 5.74) is 0.514. The smallest absolute Gasteiger partial charge is 0.260 e. The molecule has 1 aliphatic heterocycles. The standard InChI is InChI=1S/C15H19N3O3/c1-11-5-3-4-6-12(11)19-9-13-17-14(21-18-13)15(2)10-16-7-8-20-15/h3-6,16H,7-10H2,1-2H3. The summed E-state index contributed by atoms with van der Waals surface area (Å²) in [4.78, 5) is 4.38. The topological polar surface area (TPSA) is 69.4 Å². The minimum atomic E-state index is -0.563. The van der Waals surface area contributed by atoms with E-state index in [0.29, 0.717) is 24.9 Å². The molecule has 0 spiro atoms. The van der Waals surface area contributed by atoms with Crippen molar-refractivity contribution in [2.75, 3.05) is 19.7 Å². The second-order valence-corrected chi connectivity index (χ2v) is 5.33. The summed E-state index contributed by atoms with van der Waals surface area (Å²) in [6.07, 6.45) is 0. The first-order valence-electron chi connectivity index (χ1n) is 7.03. The highest BCUT2D eigenvalue weighted by Crippen LogP contribution is 2.25. The molecule has 0 radical (unpaired) electrons. The van der Waals surface area contributed by atoms with Crippen molar-refractivity contribution in [2.45, 2.75) is 26.1 Å². The normalized spacial score (nSPS) is 22.2. The van der Waals surface area contributed by atoms with E-state index < -0.39 is 5.60 Å². The number of aromatic nitrogens is 2. The van der Waals surface area contributed by atoms with Gasteiger partial charge in [-0.25, -0.2) is 0 Å². The van der Waals surface area contributed by atoms with Gasteiger partial charge in [-0.1, -0.05) is 23.4 Å². The molecule has 1 aromatic heterocycles. The number of hydrogen-bond acceptors (Lipinski definition) is 6. The lowest BCUT2D eigenvalue weighted by atomic mass is 10.1. The van der Waals surface area contributed by atoms with Crippen molar-refractivity contribution in [1.29, 1.82) is 0 Å². The Morgan fingerprint density at radius 1 is 1.38 bits per heavy atom. The second-order valence-electron chi connectivity index (χ2n) is 5.33. The zero-order valence-corrected chi connectivity index (χ0v) is 12.3. The van der Waals surface area contributed by atoms with E-state index in [2.05, 4.69) is 15.5 Å². The lowest BCUT2D eigenvalue weighted by Crippen LogP contribution is -2.45. The number of hydrogen-bond donors (Lipinski definition) is 1. The summed E-state index contributed by atoms with van der Waals surface area (Å²) < 4.78 is 16.8. The fraction of sp³-hybridized carbons (Fsp3) is 0.467. The monoisotopic (exact) mass is 289 g/mol. The molecule has 1 N–H and O–H groups in total. The van der Waals surface area contributed by atoms with Gasteiger partial charge >= 0.3 is 0 Å². The SMILES string of the molecule is Cc1ccccc1OCc1noc(C2(C)CNCCO2)n1. The summed E-state index contributed by atoms with van der Waals surface area (Å²) >= 11 is 0. The van der Waals surface area contributed by atoms with E-state index in [9.17, 15) is 0 Å². The van der Waals surface area contributed by atoms with Crippen LogP contribution in [0.15, 0.2) is 28.8 Å². The van der Waals surface area contributed by atoms with Gasteiger partial charge in [0.25, 0.3) is 5.89 Å². The number of rotatable bonds is 4. The van der Waals surface area contributed by atoms with Gasteiger partial charge in [0.05, 0.1) is 6.61 Å². The Morgan fingerprint density at radius 3 is 3.00 bits per heavy atom. The maximum absolute atomic E-state index is 5.75. The van der Waals surface area contributed by atoms with E-state index in [1.54, 1.807) is 0 Å². The van der Waals surface area contributed by atoms with Gasteiger partial charge in [-0.3, -0.25) is 0 Å². The minimum Gasteiger partial charge on any atom is -0.485 e. The van der Waals surface area contributed by atoms with Crippen LogP contribution in [0.25, 0.3) is 0 Å². The largest absolute Gasteiger partial charge is 0.485 e. The highest BCUT2D eigenvalue weighted by molar-refractivity contribution is 5.31. The first kappa shape index (κ1) is 14.0. The summed E-state index contributed by atoms with van der Waals surface area (Å²) in [6, 6.07) is 7.83. The predicted molar refractivity (Wildman–Crippen MR) is 76.0 cm³/mol. The van der Waals surface area contributed by atoms with Crippen molar-refractivity contribution in [3.63, 3.8) is 0 Å². The molecule has 0 bridgehead atoms. The van der Waals surface area contributed by atoms with Crippen LogP contribution in [0.3, 0.4) is 0 Å². The molecule has 1 aromatic carbocycles. The van der Waals surface area contributed by atoms with Crippen molar-refractivity contribution < 1.29 is 14.0 Å². The molecule has 0 saturated carbocycles. The Balaban J connectivity index is 1.67. The van der Waals surface area contributed by atoms with E-state index in [0.717, 1.165) is 17.9 Å². The molecule has 6 heteroatoms. The third kappa shape index (κ3) is 3.06. The molecule has 0 aliphatic carbocycles. The van der Waals surface area contributed by atoms with Gasteiger partial charge in [0, 0.05) is 13.1 Å². The van der Waals surface area contributed by atoms with Gasteiger partial charge in [-0.05, 0) is 25.5 Å². The molecule has 1 saturated heterocycles. The van der Waals surface area contributed by atoms with E-state index in [-0.39, 0.29) is 6.61 Å². The van der Waals surface area contributed by atoms with E-state index in [1.807, 2.05) is 38.1 Å². The van der Waals surface area contributed by atoms with Crippen molar-refractivity contribution in [1.82, 2.24) is 15.5 Å². The third-order valence-electron chi connectivity index (χ3n) is 3.53. The Morgan fingerprint density at radius 2 is 2.24 bits per heavy atom. The average Bonchev–Trinajstić information content (AvgIpc) is 2.97. The molecule has 2 heterocycles. The zero-order chi connectivity index (χ0) is 14.7. The lowest BCUT2D eigenvalue weighted by Gasteiger charge is -2.30. The molecule has 112 valence electrons. The zero-order valence-electron chi connectivity index (χ0n) is 12.3. The quantitative estimate of drug-likeness (QED) is 0.925. The average molecular weight is 289 g/mol. The molecule has 1 fully saturated rings. The third-order valence-corrected chi connectivity index (χ3v) is 3.53. The molecule has 3 rings (SSSR count). The van der Waals surface area contributed by atoms with Gasteiger partial charge in [0.1, 0.15) is 5.75 Å². The first-order valence-corrected chi connectivity index (χ1v) is 7.03. The van der Waals surface area contributed by atoms with Crippen LogP contribution in [0.4, 0.5) is 0 Å². The van der Waals surface area contributed by atoms with Crippen LogP contribution in [0.1, 0.15) is 24.2 Å². The van der Waals surface area contributed by atoms with Crippen molar-refractivity contribution in [3.8, 4) is 5.75 Å². The minimum absolute atomic E-state index is 0.276. The van der Waals surface area contributed by atoms with E-state index >= 15 is 0 Å². The van der Waals surface area contributed by atoms with Crippen LogP contribution in [0, 0.1) is 6.92 Å². The predicted octanol–water partition coefficient (Wildman–Crippen LogP) is 1.79.